The van der Waals surface area contributed by atoms with E-state index in [1.54, 1.807) is 24.3 Å². The molecule has 1 heterocycles. The number of nitrogens with zero attached hydrogens (tertiary/aromatic N) is 2. The number of carbonyl (C=O) groups is 1. The number of nitrogens with one attached hydrogen (secondary N) is 1. The molecule has 28 heavy (non-hydrogen) atoms. The molecular formula is C22H23Cl2N3O. The van der Waals surface area contributed by atoms with Crippen molar-refractivity contribution in [2.75, 3.05) is 5.32 Å². The minimum Gasteiger partial charge on any atom is -0.346 e. The minimum absolute atomic E-state index is 0.0277. The van der Waals surface area contributed by atoms with Crippen LogP contribution in [0.1, 0.15) is 55.1 Å². The lowest BCUT2D eigenvalue weighted by molar-refractivity contribution is -0.112. The fourth-order valence-corrected chi connectivity index (χ4v) is 4.29. The number of carbonyl (C=O) groups excluding carboxylic acids is 1. The van der Waals surface area contributed by atoms with Gasteiger partial charge < -0.3 is 9.88 Å². The van der Waals surface area contributed by atoms with E-state index in [9.17, 15) is 10.1 Å². The number of nitriles is 1. The van der Waals surface area contributed by atoms with Crippen molar-refractivity contribution in [1.29, 1.82) is 5.26 Å². The molecule has 2 aromatic rings. The predicted octanol–water partition coefficient (Wildman–Crippen LogP) is 6.46. The average Bonchev–Trinajstić information content (AvgIpc) is 2.97. The highest BCUT2D eigenvalue weighted by molar-refractivity contribution is 6.44. The van der Waals surface area contributed by atoms with Crippen LogP contribution < -0.4 is 5.32 Å². The van der Waals surface area contributed by atoms with Crippen LogP contribution in [0.2, 0.25) is 10.0 Å². The van der Waals surface area contributed by atoms with Gasteiger partial charge in [-0.15, -0.1) is 0 Å². The molecule has 1 aliphatic rings. The molecule has 4 nitrogen and oxygen atoms in total. The summed E-state index contributed by atoms with van der Waals surface area (Å²) in [5.74, 6) is -0.505. The smallest absolute Gasteiger partial charge is 0.266 e. The van der Waals surface area contributed by atoms with E-state index >= 15 is 0 Å². The molecule has 1 amide bonds. The molecule has 6 heteroatoms. The first-order valence-corrected chi connectivity index (χ1v) is 10.2. The number of amides is 1. The Bertz CT molecular complexity index is 963. The molecule has 1 saturated carbocycles. The lowest BCUT2D eigenvalue weighted by Gasteiger charge is -2.26. The van der Waals surface area contributed by atoms with Crippen LogP contribution in [0.15, 0.2) is 29.8 Å². The normalized spacial score (nSPS) is 15.3. The van der Waals surface area contributed by atoms with Gasteiger partial charge in [-0.2, -0.15) is 5.26 Å². The standard InChI is InChI=1S/C22H23Cl2N3O/c1-14-11-16(15(2)27(14)18-7-4-3-5-8-18)12-17(13-25)22(28)26-20-10-6-9-19(23)21(20)24/h6,9-12,18H,3-5,7-8H2,1-2H3,(H,26,28)/b17-12-. The summed E-state index contributed by atoms with van der Waals surface area (Å²) >= 11 is 12.1. The quantitative estimate of drug-likeness (QED) is 0.459. The number of hydrogen-bond acceptors (Lipinski definition) is 2. The Kier molecular flexibility index (Phi) is 6.49. The monoisotopic (exact) mass is 415 g/mol. The highest BCUT2D eigenvalue weighted by Gasteiger charge is 2.20. The van der Waals surface area contributed by atoms with Crippen LogP contribution in [-0.4, -0.2) is 10.5 Å². The van der Waals surface area contributed by atoms with Crippen molar-refractivity contribution >= 4 is 40.9 Å². The van der Waals surface area contributed by atoms with Crippen molar-refractivity contribution < 1.29 is 4.79 Å². The van der Waals surface area contributed by atoms with E-state index in [-0.39, 0.29) is 10.6 Å². The third kappa shape index (κ3) is 4.27. The van der Waals surface area contributed by atoms with Gasteiger partial charge in [0.25, 0.3) is 5.91 Å². The zero-order valence-corrected chi connectivity index (χ0v) is 17.6. The molecule has 0 unspecified atom stereocenters. The van der Waals surface area contributed by atoms with Crippen LogP contribution in [0.25, 0.3) is 6.08 Å². The zero-order valence-electron chi connectivity index (χ0n) is 16.1. The van der Waals surface area contributed by atoms with E-state index in [1.165, 1.54) is 32.1 Å². The topological polar surface area (TPSA) is 57.8 Å². The number of benzene rings is 1. The summed E-state index contributed by atoms with van der Waals surface area (Å²) in [5, 5.41) is 12.8. The second-order valence-electron chi connectivity index (χ2n) is 7.21. The maximum absolute atomic E-state index is 12.6. The van der Waals surface area contributed by atoms with Crippen LogP contribution in [-0.2, 0) is 4.79 Å². The Balaban J connectivity index is 1.87. The molecule has 0 radical (unpaired) electrons. The van der Waals surface area contributed by atoms with Crippen molar-refractivity contribution in [2.24, 2.45) is 0 Å². The number of aromatic nitrogens is 1. The Morgan fingerprint density at radius 3 is 2.64 bits per heavy atom. The molecule has 146 valence electrons. The Hall–Kier alpha value is -2.22. The lowest BCUT2D eigenvalue weighted by Crippen LogP contribution is -2.15. The highest BCUT2D eigenvalue weighted by Crippen LogP contribution is 2.33. The molecule has 0 atom stereocenters. The SMILES string of the molecule is Cc1cc(/C=C(/C#N)C(=O)Nc2cccc(Cl)c2Cl)c(C)n1C1CCCCC1. The molecule has 1 fully saturated rings. The summed E-state index contributed by atoms with van der Waals surface area (Å²) in [6, 6.07) is 9.53. The summed E-state index contributed by atoms with van der Waals surface area (Å²) in [6.07, 6.45) is 7.80. The Morgan fingerprint density at radius 2 is 1.96 bits per heavy atom. The van der Waals surface area contributed by atoms with Crippen molar-refractivity contribution in [3.05, 3.63) is 56.8 Å². The van der Waals surface area contributed by atoms with Crippen LogP contribution >= 0.6 is 23.2 Å². The van der Waals surface area contributed by atoms with Gasteiger partial charge in [0.2, 0.25) is 0 Å². The minimum atomic E-state index is -0.505. The first-order chi connectivity index (χ1) is 13.4. The van der Waals surface area contributed by atoms with Gasteiger partial charge >= 0.3 is 0 Å². The maximum atomic E-state index is 12.6. The molecule has 0 spiro atoms. The van der Waals surface area contributed by atoms with Crippen molar-refractivity contribution in [2.45, 2.75) is 52.0 Å². The van der Waals surface area contributed by atoms with Gasteiger partial charge in [0.1, 0.15) is 11.6 Å². The van der Waals surface area contributed by atoms with Gasteiger partial charge in [-0.05, 0) is 56.5 Å². The van der Waals surface area contributed by atoms with Crippen molar-refractivity contribution in [3.63, 3.8) is 0 Å². The van der Waals surface area contributed by atoms with Gasteiger partial charge in [-0.1, -0.05) is 48.5 Å². The predicted molar refractivity (Wildman–Crippen MR) is 115 cm³/mol. The largest absolute Gasteiger partial charge is 0.346 e. The molecule has 0 aliphatic heterocycles. The van der Waals surface area contributed by atoms with Gasteiger partial charge in [0.15, 0.2) is 0 Å². The number of aryl methyl sites for hydroxylation is 1. The van der Waals surface area contributed by atoms with Crippen LogP contribution in [0.4, 0.5) is 5.69 Å². The fraction of sp³-hybridized carbons (Fsp3) is 0.364. The molecule has 3 rings (SSSR count). The molecule has 1 aliphatic carbocycles. The Labute approximate surface area is 175 Å². The molecule has 0 bridgehead atoms. The van der Waals surface area contributed by atoms with E-state index in [1.807, 2.05) is 19.1 Å². The molecule has 1 N–H and O–H groups in total. The fourth-order valence-electron chi connectivity index (χ4n) is 3.94. The van der Waals surface area contributed by atoms with Crippen LogP contribution in [0.5, 0.6) is 0 Å². The van der Waals surface area contributed by atoms with Crippen LogP contribution in [0.3, 0.4) is 0 Å². The maximum Gasteiger partial charge on any atom is 0.266 e. The average molecular weight is 416 g/mol. The Morgan fingerprint density at radius 1 is 1.25 bits per heavy atom. The number of hydrogen-bond donors (Lipinski definition) is 1. The molecule has 0 saturated heterocycles. The second kappa shape index (κ2) is 8.86. The highest BCUT2D eigenvalue weighted by atomic mass is 35.5. The second-order valence-corrected chi connectivity index (χ2v) is 8.00. The molecular weight excluding hydrogens is 393 g/mol. The third-order valence-corrected chi connectivity index (χ3v) is 6.15. The zero-order chi connectivity index (χ0) is 20.3. The van der Waals surface area contributed by atoms with Gasteiger partial charge in [-0.25, -0.2) is 0 Å². The van der Waals surface area contributed by atoms with E-state index in [0.29, 0.717) is 16.8 Å². The van der Waals surface area contributed by atoms with Crippen molar-refractivity contribution in [1.82, 2.24) is 4.57 Å². The lowest BCUT2D eigenvalue weighted by atomic mass is 9.95. The summed E-state index contributed by atoms with van der Waals surface area (Å²) in [6.45, 7) is 4.13. The third-order valence-electron chi connectivity index (χ3n) is 5.33. The van der Waals surface area contributed by atoms with Gasteiger partial charge in [-0.3, -0.25) is 4.79 Å². The van der Waals surface area contributed by atoms with Gasteiger partial charge in [0.05, 0.1) is 15.7 Å². The summed E-state index contributed by atoms with van der Waals surface area (Å²) in [7, 11) is 0. The summed E-state index contributed by atoms with van der Waals surface area (Å²) < 4.78 is 2.35. The number of rotatable bonds is 4. The summed E-state index contributed by atoms with van der Waals surface area (Å²) in [4.78, 5) is 12.6. The number of halogens is 2. The van der Waals surface area contributed by atoms with E-state index in [0.717, 1.165) is 17.0 Å². The van der Waals surface area contributed by atoms with E-state index in [4.69, 9.17) is 23.2 Å². The first-order valence-electron chi connectivity index (χ1n) is 9.48. The number of anilines is 1. The molecule has 1 aromatic carbocycles. The van der Waals surface area contributed by atoms with Crippen molar-refractivity contribution in [3.8, 4) is 6.07 Å². The van der Waals surface area contributed by atoms with Gasteiger partial charge in [0, 0.05) is 17.4 Å². The van der Waals surface area contributed by atoms with E-state index < -0.39 is 5.91 Å². The van der Waals surface area contributed by atoms with Crippen LogP contribution in [0, 0.1) is 25.2 Å². The first kappa shape index (κ1) is 20.5. The molecule has 1 aromatic heterocycles. The summed E-state index contributed by atoms with van der Waals surface area (Å²) in [5.41, 5.74) is 3.55. The van der Waals surface area contributed by atoms with E-state index in [2.05, 4.69) is 16.8 Å².